The van der Waals surface area contributed by atoms with Crippen molar-refractivity contribution >= 4 is 39.0 Å². The van der Waals surface area contributed by atoms with Crippen LogP contribution in [0.25, 0.3) is 0 Å². The van der Waals surface area contributed by atoms with Crippen molar-refractivity contribution in [2.75, 3.05) is 0 Å². The molecule has 1 aromatic heterocycles. The third-order valence-corrected chi connectivity index (χ3v) is 6.06. The molecule has 2 unspecified atom stereocenters. The number of nitrogens with two attached hydrogens (primary N) is 1. The van der Waals surface area contributed by atoms with Gasteiger partial charge < -0.3 is 5.73 Å². The third-order valence-electron chi connectivity index (χ3n) is 2.73. The van der Waals surface area contributed by atoms with E-state index in [0.717, 1.165) is 10.9 Å². The Labute approximate surface area is 125 Å². The first-order chi connectivity index (χ1) is 8.70. The zero-order valence-corrected chi connectivity index (χ0v) is 13.4. The number of benzene rings is 1. The van der Waals surface area contributed by atoms with E-state index >= 15 is 0 Å². The Kier molecular flexibility index (Phi) is 5.30. The average Bonchev–Trinajstić information content (AvgIpc) is 2.83. The molecule has 2 N–H and O–H groups in total. The van der Waals surface area contributed by atoms with Crippen molar-refractivity contribution < 1.29 is 0 Å². The zero-order chi connectivity index (χ0) is 13.0. The van der Waals surface area contributed by atoms with Gasteiger partial charge in [-0.1, -0.05) is 25.1 Å². The molecule has 0 aliphatic heterocycles. The first-order valence-corrected chi connectivity index (χ1v) is 8.47. The molecular formula is C14H16BrNS2. The normalized spacial score (nSPS) is 14.4. The van der Waals surface area contributed by atoms with E-state index in [1.165, 1.54) is 9.77 Å². The fourth-order valence-corrected chi connectivity index (χ4v) is 4.66. The lowest BCUT2D eigenvalue weighted by molar-refractivity contribution is 0.640. The van der Waals surface area contributed by atoms with E-state index in [-0.39, 0.29) is 6.04 Å². The van der Waals surface area contributed by atoms with Crippen molar-refractivity contribution in [1.29, 1.82) is 0 Å². The first-order valence-electron chi connectivity index (χ1n) is 5.92. The summed E-state index contributed by atoms with van der Waals surface area (Å²) >= 11 is 7.14. The lowest BCUT2D eigenvalue weighted by Crippen LogP contribution is -2.25. The van der Waals surface area contributed by atoms with Gasteiger partial charge in [-0.25, -0.2) is 0 Å². The van der Waals surface area contributed by atoms with Gasteiger partial charge in [0.15, 0.2) is 0 Å². The van der Waals surface area contributed by atoms with Crippen molar-refractivity contribution in [2.45, 2.75) is 29.5 Å². The minimum Gasteiger partial charge on any atom is -0.326 e. The highest BCUT2D eigenvalue weighted by atomic mass is 79.9. The predicted molar refractivity (Wildman–Crippen MR) is 85.3 cm³/mol. The van der Waals surface area contributed by atoms with Crippen LogP contribution >= 0.6 is 39.0 Å². The third kappa shape index (κ3) is 3.60. The van der Waals surface area contributed by atoms with E-state index in [0.29, 0.717) is 5.25 Å². The van der Waals surface area contributed by atoms with Gasteiger partial charge in [0.05, 0.1) is 5.25 Å². The van der Waals surface area contributed by atoms with Crippen molar-refractivity contribution in [2.24, 2.45) is 5.73 Å². The number of halogens is 1. The monoisotopic (exact) mass is 341 g/mol. The van der Waals surface area contributed by atoms with Crippen LogP contribution in [0.5, 0.6) is 0 Å². The van der Waals surface area contributed by atoms with Crippen molar-refractivity contribution in [3.8, 4) is 0 Å². The highest BCUT2D eigenvalue weighted by molar-refractivity contribution is 9.10. The first kappa shape index (κ1) is 14.1. The maximum absolute atomic E-state index is 6.28. The molecule has 1 heterocycles. The fraction of sp³-hybridized carbons (Fsp3) is 0.286. The van der Waals surface area contributed by atoms with E-state index < -0.39 is 0 Å². The van der Waals surface area contributed by atoms with Crippen LogP contribution in [0.1, 0.15) is 23.5 Å². The topological polar surface area (TPSA) is 26.0 Å². The summed E-state index contributed by atoms with van der Waals surface area (Å²) in [5.41, 5.74) is 6.28. The summed E-state index contributed by atoms with van der Waals surface area (Å²) in [7, 11) is 0. The molecule has 4 heteroatoms. The molecule has 0 saturated heterocycles. The highest BCUT2D eigenvalue weighted by Gasteiger charge is 2.21. The lowest BCUT2D eigenvalue weighted by atomic mass is 10.1. The average molecular weight is 342 g/mol. The molecule has 0 aliphatic carbocycles. The molecular weight excluding hydrogens is 326 g/mol. The molecule has 1 nitrogen and oxygen atoms in total. The van der Waals surface area contributed by atoms with Crippen LogP contribution < -0.4 is 5.73 Å². The van der Waals surface area contributed by atoms with Crippen LogP contribution in [-0.4, -0.2) is 6.04 Å². The van der Waals surface area contributed by atoms with E-state index in [4.69, 9.17) is 5.73 Å². The van der Waals surface area contributed by atoms with Crippen LogP contribution in [0.3, 0.4) is 0 Å². The van der Waals surface area contributed by atoms with E-state index in [9.17, 15) is 0 Å². The second-order valence-corrected chi connectivity index (χ2v) is 7.16. The molecule has 18 heavy (non-hydrogen) atoms. The molecule has 0 radical (unpaired) electrons. The Morgan fingerprint density at radius 3 is 2.61 bits per heavy atom. The Morgan fingerprint density at radius 2 is 2.06 bits per heavy atom. The van der Waals surface area contributed by atoms with Gasteiger partial charge in [0.2, 0.25) is 0 Å². The summed E-state index contributed by atoms with van der Waals surface area (Å²) in [5.74, 6) is 0. The molecule has 0 fully saturated rings. The van der Waals surface area contributed by atoms with Gasteiger partial charge in [-0.15, -0.1) is 23.1 Å². The van der Waals surface area contributed by atoms with Gasteiger partial charge in [-0.3, -0.25) is 0 Å². The summed E-state index contributed by atoms with van der Waals surface area (Å²) in [6.07, 6.45) is 0.986. The van der Waals surface area contributed by atoms with Crippen molar-refractivity contribution in [3.05, 3.63) is 51.1 Å². The fourth-order valence-electron chi connectivity index (χ4n) is 1.69. The Bertz CT molecular complexity index is 484. The molecule has 0 spiro atoms. The van der Waals surface area contributed by atoms with E-state index in [1.54, 1.807) is 11.3 Å². The lowest BCUT2D eigenvalue weighted by Gasteiger charge is -2.21. The van der Waals surface area contributed by atoms with Gasteiger partial charge in [0.25, 0.3) is 0 Å². The molecule has 1 aromatic carbocycles. The molecule has 2 aromatic rings. The number of rotatable bonds is 5. The largest absolute Gasteiger partial charge is 0.326 e. The minimum atomic E-state index is 0.181. The highest BCUT2D eigenvalue weighted by Crippen LogP contribution is 2.41. The van der Waals surface area contributed by atoms with Gasteiger partial charge in [0, 0.05) is 25.7 Å². The van der Waals surface area contributed by atoms with Crippen molar-refractivity contribution in [1.82, 2.24) is 0 Å². The smallest absolute Gasteiger partial charge is 0.0589 e. The molecule has 0 aliphatic rings. The number of thioether (sulfide) groups is 1. The zero-order valence-electron chi connectivity index (χ0n) is 10.2. The molecule has 0 bridgehead atoms. The van der Waals surface area contributed by atoms with Crippen LogP contribution in [0.15, 0.2) is 51.1 Å². The summed E-state index contributed by atoms with van der Waals surface area (Å²) in [6, 6.07) is 12.8. The molecule has 2 rings (SSSR count). The quantitative estimate of drug-likeness (QED) is 0.767. The van der Waals surface area contributed by atoms with Crippen LogP contribution in [-0.2, 0) is 0 Å². The van der Waals surface area contributed by atoms with E-state index in [1.807, 2.05) is 17.8 Å². The second kappa shape index (κ2) is 6.75. The molecule has 0 saturated carbocycles. The summed E-state index contributed by atoms with van der Waals surface area (Å²) in [5, 5.41) is 2.45. The second-order valence-electron chi connectivity index (χ2n) is 4.09. The minimum absolute atomic E-state index is 0.181. The Morgan fingerprint density at radius 1 is 1.33 bits per heavy atom. The van der Waals surface area contributed by atoms with Crippen LogP contribution in [0.2, 0.25) is 0 Å². The molecule has 2 atom stereocenters. The van der Waals surface area contributed by atoms with Gasteiger partial charge in [-0.2, -0.15) is 0 Å². The molecule has 0 amide bonds. The maximum Gasteiger partial charge on any atom is 0.0589 e. The van der Waals surface area contributed by atoms with Crippen LogP contribution in [0, 0.1) is 0 Å². The SMILES string of the molecule is CCC(N)C(Sc1ccccc1)c1cc(Br)cs1. The summed E-state index contributed by atoms with van der Waals surface area (Å²) < 4.78 is 1.14. The van der Waals surface area contributed by atoms with E-state index in [2.05, 4.69) is 58.6 Å². The number of hydrogen-bond donors (Lipinski definition) is 1. The maximum atomic E-state index is 6.28. The van der Waals surface area contributed by atoms with Gasteiger partial charge in [0.1, 0.15) is 0 Å². The van der Waals surface area contributed by atoms with Crippen molar-refractivity contribution in [3.63, 3.8) is 0 Å². The molecule has 96 valence electrons. The number of thiophene rings is 1. The predicted octanol–water partition coefficient (Wildman–Crippen LogP) is 5.08. The summed E-state index contributed by atoms with van der Waals surface area (Å²) in [4.78, 5) is 2.61. The standard InChI is InChI=1S/C14H16BrNS2/c1-2-12(16)14(13-8-10(15)9-17-13)18-11-6-4-3-5-7-11/h3-9,12,14H,2,16H2,1H3. The number of hydrogen-bond acceptors (Lipinski definition) is 3. The Hall–Kier alpha value is -0.290. The van der Waals surface area contributed by atoms with Gasteiger partial charge >= 0.3 is 0 Å². The van der Waals surface area contributed by atoms with Gasteiger partial charge in [-0.05, 0) is 40.5 Å². The van der Waals surface area contributed by atoms with Crippen LogP contribution in [0.4, 0.5) is 0 Å². The Balaban J connectivity index is 2.21. The summed E-state index contributed by atoms with van der Waals surface area (Å²) in [6.45, 7) is 2.14.